The van der Waals surface area contributed by atoms with Gasteiger partial charge in [0.1, 0.15) is 0 Å². The van der Waals surface area contributed by atoms with Crippen molar-refractivity contribution in [3.63, 3.8) is 0 Å². The summed E-state index contributed by atoms with van der Waals surface area (Å²) in [5.41, 5.74) is -2.16. The summed E-state index contributed by atoms with van der Waals surface area (Å²) < 4.78 is 0. The summed E-state index contributed by atoms with van der Waals surface area (Å²) in [7, 11) is 0. The molecular formula is C22H40O4. The molecule has 1 aliphatic carbocycles. The molecular weight excluding hydrogens is 328 g/mol. The second-order valence-corrected chi connectivity index (χ2v) is 8.27. The minimum Gasteiger partial charge on any atom is -0.481 e. The number of hydrogen-bond donors (Lipinski definition) is 2. The van der Waals surface area contributed by atoms with E-state index in [-0.39, 0.29) is 0 Å². The predicted molar refractivity (Wildman–Crippen MR) is 105 cm³/mol. The summed E-state index contributed by atoms with van der Waals surface area (Å²) >= 11 is 0. The lowest BCUT2D eigenvalue weighted by Gasteiger charge is -2.48. The van der Waals surface area contributed by atoms with Crippen LogP contribution in [0.5, 0.6) is 0 Å². The zero-order chi connectivity index (χ0) is 19.5. The van der Waals surface area contributed by atoms with Crippen molar-refractivity contribution in [3.05, 3.63) is 0 Å². The molecule has 26 heavy (non-hydrogen) atoms. The van der Waals surface area contributed by atoms with Crippen LogP contribution in [0.15, 0.2) is 0 Å². The van der Waals surface area contributed by atoms with Gasteiger partial charge >= 0.3 is 11.9 Å². The molecule has 0 aromatic rings. The van der Waals surface area contributed by atoms with Crippen molar-refractivity contribution in [3.8, 4) is 0 Å². The van der Waals surface area contributed by atoms with Crippen LogP contribution in [0, 0.1) is 10.8 Å². The number of hydrogen-bond acceptors (Lipinski definition) is 2. The van der Waals surface area contributed by atoms with Gasteiger partial charge in [0.05, 0.1) is 10.8 Å². The van der Waals surface area contributed by atoms with E-state index in [0.717, 1.165) is 32.1 Å². The quantitative estimate of drug-likeness (QED) is 0.347. The van der Waals surface area contributed by atoms with E-state index in [4.69, 9.17) is 0 Å². The maximum atomic E-state index is 12.2. The number of unbranched alkanes of at least 4 members (excludes halogenated alkanes) is 9. The third-order valence-corrected chi connectivity index (χ3v) is 6.75. The third-order valence-electron chi connectivity index (χ3n) is 6.75. The lowest BCUT2D eigenvalue weighted by Crippen LogP contribution is -2.54. The van der Waals surface area contributed by atoms with Gasteiger partial charge in [-0.25, -0.2) is 0 Å². The summed E-state index contributed by atoms with van der Waals surface area (Å²) in [5.74, 6) is -1.80. The summed E-state index contributed by atoms with van der Waals surface area (Å²) in [5, 5.41) is 19.9. The van der Waals surface area contributed by atoms with E-state index in [0.29, 0.717) is 25.7 Å². The second kappa shape index (κ2) is 11.6. The fraction of sp³-hybridized carbons (Fsp3) is 0.909. The molecule has 0 aromatic carbocycles. The van der Waals surface area contributed by atoms with Crippen LogP contribution in [-0.2, 0) is 9.59 Å². The van der Waals surface area contributed by atoms with E-state index in [9.17, 15) is 19.8 Å². The first kappa shape index (κ1) is 23.0. The molecule has 0 saturated heterocycles. The smallest absolute Gasteiger partial charge is 0.310 e. The Bertz CT molecular complexity index is 434. The highest BCUT2D eigenvalue weighted by Crippen LogP contribution is 2.56. The Labute approximate surface area is 159 Å². The van der Waals surface area contributed by atoms with Crippen molar-refractivity contribution in [1.82, 2.24) is 0 Å². The van der Waals surface area contributed by atoms with E-state index >= 15 is 0 Å². The van der Waals surface area contributed by atoms with Crippen LogP contribution in [0.4, 0.5) is 0 Å². The number of aliphatic carboxylic acids is 2. The maximum absolute atomic E-state index is 12.2. The Balaban J connectivity index is 2.47. The SMILES string of the molecule is CCCCCCCCCCCCC1(C(=O)O)CCCCC1(CC)C(=O)O. The van der Waals surface area contributed by atoms with Crippen molar-refractivity contribution >= 4 is 11.9 Å². The van der Waals surface area contributed by atoms with E-state index in [1.165, 1.54) is 44.9 Å². The molecule has 0 bridgehead atoms. The van der Waals surface area contributed by atoms with Gasteiger partial charge in [-0.3, -0.25) is 9.59 Å². The van der Waals surface area contributed by atoms with E-state index in [1.54, 1.807) is 0 Å². The van der Waals surface area contributed by atoms with Crippen LogP contribution in [0.2, 0.25) is 0 Å². The molecule has 4 nitrogen and oxygen atoms in total. The third kappa shape index (κ3) is 5.47. The van der Waals surface area contributed by atoms with Gasteiger partial charge in [-0.15, -0.1) is 0 Å². The molecule has 2 unspecified atom stereocenters. The molecule has 4 heteroatoms. The van der Waals surface area contributed by atoms with Crippen molar-refractivity contribution in [2.75, 3.05) is 0 Å². The lowest BCUT2D eigenvalue weighted by molar-refractivity contribution is -0.181. The minimum atomic E-state index is -1.09. The van der Waals surface area contributed by atoms with Gasteiger partial charge < -0.3 is 10.2 Å². The highest BCUT2D eigenvalue weighted by Gasteiger charge is 2.60. The van der Waals surface area contributed by atoms with Gasteiger partial charge in [0.25, 0.3) is 0 Å². The van der Waals surface area contributed by atoms with Crippen LogP contribution in [-0.4, -0.2) is 22.2 Å². The monoisotopic (exact) mass is 368 g/mol. The van der Waals surface area contributed by atoms with Crippen molar-refractivity contribution in [2.45, 2.75) is 117 Å². The van der Waals surface area contributed by atoms with Gasteiger partial charge in [-0.1, -0.05) is 90.9 Å². The molecule has 0 aromatic heterocycles. The molecule has 0 aliphatic heterocycles. The molecule has 2 N–H and O–H groups in total. The van der Waals surface area contributed by atoms with E-state index < -0.39 is 22.8 Å². The highest BCUT2D eigenvalue weighted by molar-refractivity contribution is 5.87. The Morgan fingerprint density at radius 2 is 1.12 bits per heavy atom. The molecule has 1 aliphatic rings. The van der Waals surface area contributed by atoms with Gasteiger partial charge in [0.2, 0.25) is 0 Å². The molecule has 0 radical (unpaired) electrons. The van der Waals surface area contributed by atoms with Crippen LogP contribution < -0.4 is 0 Å². The summed E-state index contributed by atoms with van der Waals surface area (Å²) in [4.78, 5) is 24.2. The fourth-order valence-corrected chi connectivity index (χ4v) is 5.01. The Hall–Kier alpha value is -1.06. The maximum Gasteiger partial charge on any atom is 0.310 e. The highest BCUT2D eigenvalue weighted by atomic mass is 16.4. The molecule has 1 rings (SSSR count). The molecule has 152 valence electrons. The predicted octanol–water partition coefficient (Wildman–Crippen LogP) is 6.42. The first-order valence-corrected chi connectivity index (χ1v) is 10.9. The van der Waals surface area contributed by atoms with Gasteiger partial charge in [0.15, 0.2) is 0 Å². The van der Waals surface area contributed by atoms with Crippen molar-refractivity contribution < 1.29 is 19.8 Å². The Kier molecular flexibility index (Phi) is 10.3. The number of rotatable bonds is 14. The largest absolute Gasteiger partial charge is 0.481 e. The molecule has 1 fully saturated rings. The molecule has 0 spiro atoms. The average Bonchev–Trinajstić information content (AvgIpc) is 2.63. The average molecular weight is 369 g/mol. The zero-order valence-corrected chi connectivity index (χ0v) is 17.0. The van der Waals surface area contributed by atoms with Crippen molar-refractivity contribution in [2.24, 2.45) is 10.8 Å². The number of carboxylic acids is 2. The normalized spacial score (nSPS) is 25.9. The van der Waals surface area contributed by atoms with Crippen molar-refractivity contribution in [1.29, 1.82) is 0 Å². The first-order valence-electron chi connectivity index (χ1n) is 10.9. The lowest BCUT2D eigenvalue weighted by atomic mass is 9.53. The number of carboxylic acid groups (broad SMARTS) is 2. The van der Waals surface area contributed by atoms with E-state index in [2.05, 4.69) is 6.92 Å². The first-order chi connectivity index (χ1) is 12.5. The van der Waals surface area contributed by atoms with Crippen LogP contribution in [0.25, 0.3) is 0 Å². The topological polar surface area (TPSA) is 74.6 Å². The molecule has 1 saturated carbocycles. The second-order valence-electron chi connectivity index (χ2n) is 8.27. The Morgan fingerprint density at radius 3 is 1.54 bits per heavy atom. The van der Waals surface area contributed by atoms with Gasteiger partial charge in [-0.2, -0.15) is 0 Å². The summed E-state index contributed by atoms with van der Waals surface area (Å²) in [6.45, 7) is 4.07. The molecule has 0 amide bonds. The minimum absolute atomic E-state index is 0.409. The molecule has 0 heterocycles. The van der Waals surface area contributed by atoms with Crippen LogP contribution in [0.1, 0.15) is 117 Å². The fourth-order valence-electron chi connectivity index (χ4n) is 5.01. The van der Waals surface area contributed by atoms with Crippen LogP contribution in [0.3, 0.4) is 0 Å². The Morgan fingerprint density at radius 1 is 0.692 bits per heavy atom. The summed E-state index contributed by atoms with van der Waals surface area (Å²) in [6.07, 6.45) is 15.6. The summed E-state index contributed by atoms with van der Waals surface area (Å²) in [6, 6.07) is 0. The molecule has 2 atom stereocenters. The van der Waals surface area contributed by atoms with Crippen LogP contribution >= 0.6 is 0 Å². The van der Waals surface area contributed by atoms with Gasteiger partial charge in [-0.05, 0) is 25.7 Å². The van der Waals surface area contributed by atoms with Gasteiger partial charge in [0, 0.05) is 0 Å². The standard InChI is InChI=1S/C22H40O4/c1-3-5-6-7-8-9-10-11-12-13-17-22(20(25)26)18-15-14-16-21(22,4-2)19(23)24/h3-18H2,1-2H3,(H,23,24)(H,25,26). The zero-order valence-electron chi connectivity index (χ0n) is 17.0. The van der Waals surface area contributed by atoms with E-state index in [1.807, 2.05) is 6.92 Å². The number of carbonyl (C=O) groups is 2.